The van der Waals surface area contributed by atoms with E-state index < -0.39 is 0 Å². The van der Waals surface area contributed by atoms with Gasteiger partial charge >= 0.3 is 0 Å². The van der Waals surface area contributed by atoms with Crippen LogP contribution in [0, 0.1) is 6.92 Å². The molecule has 0 bridgehead atoms. The third-order valence-electron chi connectivity index (χ3n) is 4.15. The van der Waals surface area contributed by atoms with Crippen molar-refractivity contribution in [1.82, 2.24) is 0 Å². The number of ether oxygens (including phenoxy) is 1. The molecule has 35 heavy (non-hydrogen) atoms. The zero-order valence-electron chi connectivity index (χ0n) is 21.9. The lowest BCUT2D eigenvalue weighted by atomic mass is 10.1. The van der Waals surface area contributed by atoms with Gasteiger partial charge in [-0.15, -0.1) is 0 Å². The molecule has 4 rings (SSSR count). The molecule has 1 aliphatic heterocycles. The topological polar surface area (TPSA) is 89.7 Å². The molecule has 190 valence electrons. The lowest BCUT2D eigenvalue weighted by Crippen LogP contribution is -2.29. The van der Waals surface area contributed by atoms with Crippen LogP contribution in [0.5, 0.6) is 11.5 Å². The molecule has 1 aliphatic rings. The average Bonchev–Trinajstić information content (AvgIpc) is 3.15. The van der Waals surface area contributed by atoms with Crippen LogP contribution in [0.15, 0.2) is 72.8 Å². The van der Waals surface area contributed by atoms with Gasteiger partial charge in [0.1, 0.15) is 11.5 Å². The van der Waals surface area contributed by atoms with Crippen molar-refractivity contribution in [2.75, 3.05) is 4.90 Å². The number of hydrogen-bond acceptors (Lipinski definition) is 4. The number of aryl methyl sites for hydroxylation is 1. The Balaban J connectivity index is 0. The molecule has 0 spiro atoms. The maximum atomic E-state index is 12.5. The monoisotopic (exact) mass is 480 g/mol. The Hall–Kier alpha value is -3.93. The van der Waals surface area contributed by atoms with E-state index in [9.17, 15) is 9.59 Å². The molecule has 0 unspecified atom stereocenters. The van der Waals surface area contributed by atoms with Crippen molar-refractivity contribution in [3.05, 3.63) is 89.5 Å². The smallest absolute Gasteiger partial charge is 0.266 e. The van der Waals surface area contributed by atoms with E-state index in [4.69, 9.17) is 9.53 Å². The first-order chi connectivity index (χ1) is 17.0. The fourth-order valence-corrected chi connectivity index (χ4v) is 2.83. The second-order valence-electron chi connectivity index (χ2n) is 6.74. The number of nitrogens with two attached hydrogens (primary N) is 1. The summed E-state index contributed by atoms with van der Waals surface area (Å²) < 4.78 is 5.78. The summed E-state index contributed by atoms with van der Waals surface area (Å²) in [5.41, 5.74) is 6.73. The summed E-state index contributed by atoms with van der Waals surface area (Å²) in [4.78, 5) is 34.8. The highest BCUT2D eigenvalue weighted by atomic mass is 16.5. The molecule has 1 heterocycles. The molecule has 3 aromatic carbocycles. The third kappa shape index (κ3) is 9.08. The Bertz CT molecular complexity index is 1000. The number of carbonyl (C=O) groups excluding carboxylic acids is 3. The maximum absolute atomic E-state index is 12.5. The van der Waals surface area contributed by atoms with Crippen LogP contribution in [0.4, 0.5) is 5.69 Å². The van der Waals surface area contributed by atoms with Crippen LogP contribution >= 0.6 is 0 Å². The highest BCUT2D eigenvalue weighted by Gasteiger charge is 2.36. The maximum Gasteiger partial charge on any atom is 0.266 e. The van der Waals surface area contributed by atoms with E-state index in [0.717, 1.165) is 11.3 Å². The van der Waals surface area contributed by atoms with Crippen LogP contribution in [0.25, 0.3) is 0 Å². The van der Waals surface area contributed by atoms with Gasteiger partial charge in [0, 0.05) is 1.43 Å². The van der Waals surface area contributed by atoms with Crippen molar-refractivity contribution in [3.63, 3.8) is 0 Å². The Kier molecular flexibility index (Phi) is 15.6. The van der Waals surface area contributed by atoms with Crippen molar-refractivity contribution in [1.29, 1.82) is 0 Å². The quantitative estimate of drug-likeness (QED) is 0.312. The minimum Gasteiger partial charge on any atom is -0.457 e. The first-order valence-electron chi connectivity index (χ1n) is 11.9. The Morgan fingerprint density at radius 2 is 1.11 bits per heavy atom. The summed E-state index contributed by atoms with van der Waals surface area (Å²) >= 11 is 0. The van der Waals surface area contributed by atoms with Gasteiger partial charge in [-0.05, 0) is 55.5 Å². The van der Waals surface area contributed by atoms with E-state index in [2.05, 4.69) is 19.6 Å². The number of benzene rings is 3. The first-order valence-corrected chi connectivity index (χ1v) is 11.9. The lowest BCUT2D eigenvalue weighted by molar-refractivity contribution is -0.106. The van der Waals surface area contributed by atoms with Gasteiger partial charge in [0.25, 0.3) is 11.8 Å². The highest BCUT2D eigenvalue weighted by Crippen LogP contribution is 2.30. The van der Waals surface area contributed by atoms with Gasteiger partial charge in [0.2, 0.25) is 6.41 Å². The number of carbonyl (C=O) groups is 3. The molecule has 0 atom stereocenters. The highest BCUT2D eigenvalue weighted by molar-refractivity contribution is 6.34. The van der Waals surface area contributed by atoms with E-state index in [-0.39, 0.29) is 19.7 Å². The third-order valence-corrected chi connectivity index (χ3v) is 4.15. The van der Waals surface area contributed by atoms with Crippen molar-refractivity contribution in [2.45, 2.75) is 54.9 Å². The number of primary amides is 1. The largest absolute Gasteiger partial charge is 0.457 e. The van der Waals surface area contributed by atoms with Crippen LogP contribution in [0.1, 0.15) is 75.7 Å². The zero-order valence-corrected chi connectivity index (χ0v) is 21.9. The van der Waals surface area contributed by atoms with Crippen LogP contribution in [-0.2, 0) is 4.79 Å². The Morgan fingerprint density at radius 1 is 0.771 bits per heavy atom. The number of rotatable bonds is 3. The van der Waals surface area contributed by atoms with Gasteiger partial charge in [-0.3, -0.25) is 14.4 Å². The van der Waals surface area contributed by atoms with E-state index in [0.29, 0.717) is 22.6 Å². The van der Waals surface area contributed by atoms with E-state index >= 15 is 0 Å². The van der Waals surface area contributed by atoms with Gasteiger partial charge in [0.05, 0.1) is 16.8 Å². The molecular weight excluding hydrogens is 440 g/mol. The van der Waals surface area contributed by atoms with Crippen LogP contribution in [0.2, 0.25) is 0 Å². The summed E-state index contributed by atoms with van der Waals surface area (Å²) in [5, 5.41) is 0. The summed E-state index contributed by atoms with van der Waals surface area (Å²) in [7, 11) is 0. The van der Waals surface area contributed by atoms with Crippen molar-refractivity contribution < 1.29 is 20.5 Å². The zero-order chi connectivity index (χ0) is 26.8. The fraction of sp³-hybridized carbons (Fsp3) is 0.276. The molecule has 0 aromatic heterocycles. The van der Waals surface area contributed by atoms with Crippen molar-refractivity contribution >= 4 is 23.9 Å². The molecule has 6 heteroatoms. The Labute approximate surface area is 211 Å². The van der Waals surface area contributed by atoms with E-state index in [1.54, 1.807) is 48.5 Å². The molecule has 3 aromatic rings. The minimum atomic E-state index is -0.298. The van der Waals surface area contributed by atoms with Gasteiger partial charge in [0.15, 0.2) is 0 Å². The van der Waals surface area contributed by atoms with Gasteiger partial charge in [-0.1, -0.05) is 77.8 Å². The second kappa shape index (κ2) is 17.5. The molecule has 0 saturated heterocycles. The van der Waals surface area contributed by atoms with Gasteiger partial charge in [-0.2, -0.15) is 0 Å². The normalized spacial score (nSPS) is 10.5. The Morgan fingerprint density at radius 3 is 1.49 bits per heavy atom. The summed E-state index contributed by atoms with van der Waals surface area (Å²) in [5.74, 6) is 0.781. The minimum absolute atomic E-state index is 0. The SMILES string of the molecule is CC.CC.CCC.Cc1ccc(Oc2ccc(N3C(=O)c4ccccc4C3=O)cc2)cc1.NC=O.[HH]. The average molecular weight is 481 g/mol. The van der Waals surface area contributed by atoms with Crippen LogP contribution in [-0.4, -0.2) is 18.2 Å². The molecule has 0 saturated carbocycles. The standard InChI is InChI=1S/C21H15NO3.C3H8.2C2H6.CH3NO.H2/c1-14-6-10-16(11-7-14)25-17-12-8-15(9-13-17)22-20(23)18-4-2-3-5-19(18)21(22)24;1-3-2;2*1-2;2-1-3;/h2-13H,1H3;3H2,1-2H3;2*1-2H3;1H,(H2,2,3);1H. The summed E-state index contributed by atoms with van der Waals surface area (Å²) in [6, 6.07) is 21.5. The van der Waals surface area contributed by atoms with Crippen molar-refractivity contribution in [3.8, 4) is 11.5 Å². The number of hydrogen-bond donors (Lipinski definition) is 1. The molecule has 2 N–H and O–H groups in total. The fourth-order valence-electron chi connectivity index (χ4n) is 2.83. The lowest BCUT2D eigenvalue weighted by Gasteiger charge is -2.14. The summed E-state index contributed by atoms with van der Waals surface area (Å²) in [6.45, 7) is 14.3. The molecule has 0 fully saturated rings. The number of amides is 3. The second-order valence-corrected chi connectivity index (χ2v) is 6.74. The van der Waals surface area contributed by atoms with Gasteiger partial charge < -0.3 is 10.5 Å². The van der Waals surface area contributed by atoms with Crippen LogP contribution in [0.3, 0.4) is 0 Å². The number of imide groups is 1. The first kappa shape index (κ1) is 31.1. The molecule has 0 radical (unpaired) electrons. The van der Waals surface area contributed by atoms with E-state index in [1.165, 1.54) is 11.3 Å². The summed E-state index contributed by atoms with van der Waals surface area (Å²) in [6.07, 6.45) is 1.50. The van der Waals surface area contributed by atoms with Crippen molar-refractivity contribution in [2.24, 2.45) is 5.73 Å². The predicted octanol–water partition coefficient (Wildman–Crippen LogP) is 7.40. The number of anilines is 1. The molecule has 6 nitrogen and oxygen atoms in total. The number of nitrogens with zero attached hydrogens (tertiary/aromatic N) is 1. The number of fused-ring (bicyclic) bond motifs is 1. The molecule has 0 aliphatic carbocycles. The molecular formula is C29H40N2O4. The van der Waals surface area contributed by atoms with E-state index in [1.807, 2.05) is 58.9 Å². The predicted molar refractivity (Wildman–Crippen MR) is 146 cm³/mol. The van der Waals surface area contributed by atoms with Gasteiger partial charge in [-0.25, -0.2) is 4.90 Å². The van der Waals surface area contributed by atoms with Crippen LogP contribution < -0.4 is 15.4 Å². The molecule has 3 amide bonds.